The second-order valence-corrected chi connectivity index (χ2v) is 5.56. The van der Waals surface area contributed by atoms with Gasteiger partial charge in [-0.25, -0.2) is 0 Å². The van der Waals surface area contributed by atoms with Gasteiger partial charge < -0.3 is 19.5 Å². The standard InChI is InChI=1S/C17H17ClN2O6/c1-24-14-8-16(26-3)15(25-2)6-10(14)9-19-17(21)12-7-11(18)4-5-13(12)20(22)23/h4-8H,9H2,1-3H3,(H,19,21). The number of nitro benzene ring substituents is 1. The highest BCUT2D eigenvalue weighted by Crippen LogP contribution is 2.34. The highest BCUT2D eigenvalue weighted by molar-refractivity contribution is 6.31. The van der Waals surface area contributed by atoms with Gasteiger partial charge in [-0.2, -0.15) is 0 Å². The minimum atomic E-state index is -0.637. The lowest BCUT2D eigenvalue weighted by Crippen LogP contribution is -2.24. The van der Waals surface area contributed by atoms with Gasteiger partial charge in [-0.15, -0.1) is 0 Å². The summed E-state index contributed by atoms with van der Waals surface area (Å²) in [6, 6.07) is 7.08. The van der Waals surface area contributed by atoms with Crippen molar-refractivity contribution in [3.8, 4) is 17.2 Å². The van der Waals surface area contributed by atoms with Crippen LogP contribution in [0.25, 0.3) is 0 Å². The highest BCUT2D eigenvalue weighted by Gasteiger charge is 2.21. The van der Waals surface area contributed by atoms with Crippen LogP contribution in [0.5, 0.6) is 17.2 Å². The largest absolute Gasteiger partial charge is 0.496 e. The van der Waals surface area contributed by atoms with Crippen LogP contribution >= 0.6 is 11.6 Å². The lowest BCUT2D eigenvalue weighted by molar-refractivity contribution is -0.385. The average Bonchev–Trinajstić information content (AvgIpc) is 2.64. The van der Waals surface area contributed by atoms with Gasteiger partial charge in [0.25, 0.3) is 11.6 Å². The fraction of sp³-hybridized carbons (Fsp3) is 0.235. The highest BCUT2D eigenvalue weighted by atomic mass is 35.5. The van der Waals surface area contributed by atoms with Gasteiger partial charge in [-0.1, -0.05) is 11.6 Å². The van der Waals surface area contributed by atoms with Crippen LogP contribution in [0.2, 0.25) is 5.02 Å². The predicted molar refractivity (Wildman–Crippen MR) is 95.4 cm³/mol. The molecule has 0 unspecified atom stereocenters. The number of nitrogens with zero attached hydrogens (tertiary/aromatic N) is 1. The molecule has 0 heterocycles. The number of carbonyl (C=O) groups excluding carboxylic acids is 1. The number of ether oxygens (including phenoxy) is 3. The SMILES string of the molecule is COc1cc(OC)c(OC)cc1CNC(=O)c1cc(Cl)ccc1[N+](=O)[O-]. The van der Waals surface area contributed by atoms with E-state index in [4.69, 9.17) is 25.8 Å². The maximum atomic E-state index is 12.4. The molecule has 0 aliphatic carbocycles. The van der Waals surface area contributed by atoms with Crippen LogP contribution in [0.3, 0.4) is 0 Å². The first-order chi connectivity index (χ1) is 12.4. The lowest BCUT2D eigenvalue weighted by atomic mass is 10.1. The number of nitrogens with one attached hydrogen (secondary N) is 1. The summed E-state index contributed by atoms with van der Waals surface area (Å²) >= 11 is 5.85. The Bertz CT molecular complexity index is 840. The van der Waals surface area contributed by atoms with Crippen LogP contribution in [0.1, 0.15) is 15.9 Å². The zero-order valence-electron chi connectivity index (χ0n) is 14.4. The zero-order chi connectivity index (χ0) is 19.3. The van der Waals surface area contributed by atoms with Crippen LogP contribution in [0, 0.1) is 10.1 Å². The van der Waals surface area contributed by atoms with Gasteiger partial charge in [0, 0.05) is 29.3 Å². The van der Waals surface area contributed by atoms with Crippen molar-refractivity contribution in [1.29, 1.82) is 0 Å². The van der Waals surface area contributed by atoms with Crippen LogP contribution in [-0.4, -0.2) is 32.2 Å². The van der Waals surface area contributed by atoms with Gasteiger partial charge in [-0.3, -0.25) is 14.9 Å². The smallest absolute Gasteiger partial charge is 0.282 e. The van der Waals surface area contributed by atoms with Crippen molar-refractivity contribution < 1.29 is 23.9 Å². The predicted octanol–water partition coefficient (Wildman–Crippen LogP) is 3.20. The molecule has 0 fully saturated rings. The third kappa shape index (κ3) is 4.15. The molecule has 2 rings (SSSR count). The molecule has 2 aromatic carbocycles. The Labute approximate surface area is 154 Å². The molecule has 1 amide bonds. The number of amides is 1. The molecule has 9 heteroatoms. The monoisotopic (exact) mass is 380 g/mol. The molecule has 2 aromatic rings. The van der Waals surface area contributed by atoms with E-state index in [-0.39, 0.29) is 22.8 Å². The number of carbonyl (C=O) groups is 1. The molecular weight excluding hydrogens is 364 g/mol. The number of hydrogen-bond donors (Lipinski definition) is 1. The van der Waals surface area contributed by atoms with E-state index in [1.807, 2.05) is 0 Å². The summed E-state index contributed by atoms with van der Waals surface area (Å²) in [7, 11) is 4.47. The fourth-order valence-corrected chi connectivity index (χ4v) is 2.52. The summed E-state index contributed by atoms with van der Waals surface area (Å²) in [5.41, 5.74) is 0.163. The van der Waals surface area contributed by atoms with Gasteiger partial charge in [0.1, 0.15) is 11.3 Å². The van der Waals surface area contributed by atoms with Crippen molar-refractivity contribution in [2.45, 2.75) is 6.54 Å². The first kappa shape index (κ1) is 19.3. The first-order valence-corrected chi connectivity index (χ1v) is 7.80. The van der Waals surface area contributed by atoms with Gasteiger partial charge in [0.05, 0.1) is 26.3 Å². The van der Waals surface area contributed by atoms with Crippen molar-refractivity contribution in [3.63, 3.8) is 0 Å². The number of benzene rings is 2. The molecule has 26 heavy (non-hydrogen) atoms. The molecule has 0 saturated carbocycles. The first-order valence-electron chi connectivity index (χ1n) is 7.42. The minimum Gasteiger partial charge on any atom is -0.496 e. The molecule has 0 aliphatic heterocycles. The summed E-state index contributed by atoms with van der Waals surface area (Å²) in [4.78, 5) is 22.9. The Morgan fingerprint density at radius 1 is 1.08 bits per heavy atom. The topological polar surface area (TPSA) is 99.9 Å². The van der Waals surface area contributed by atoms with Crippen LogP contribution in [0.15, 0.2) is 30.3 Å². The normalized spacial score (nSPS) is 10.2. The van der Waals surface area contributed by atoms with Crippen LogP contribution in [0.4, 0.5) is 5.69 Å². The van der Waals surface area contributed by atoms with Gasteiger partial charge in [0.15, 0.2) is 11.5 Å². The number of nitro groups is 1. The lowest BCUT2D eigenvalue weighted by Gasteiger charge is -2.14. The van der Waals surface area contributed by atoms with Gasteiger partial charge in [-0.05, 0) is 18.2 Å². The van der Waals surface area contributed by atoms with E-state index in [9.17, 15) is 14.9 Å². The molecule has 0 radical (unpaired) electrons. The molecule has 1 N–H and O–H groups in total. The Morgan fingerprint density at radius 3 is 2.27 bits per heavy atom. The molecular formula is C17H17ClN2O6. The summed E-state index contributed by atoms with van der Waals surface area (Å²) in [6.07, 6.45) is 0. The zero-order valence-corrected chi connectivity index (χ0v) is 15.1. The fourth-order valence-electron chi connectivity index (χ4n) is 2.35. The van der Waals surface area contributed by atoms with Crippen molar-refractivity contribution in [2.75, 3.05) is 21.3 Å². The molecule has 0 aromatic heterocycles. The molecule has 138 valence electrons. The third-order valence-electron chi connectivity index (χ3n) is 3.63. The number of hydrogen-bond acceptors (Lipinski definition) is 6. The summed E-state index contributed by atoms with van der Waals surface area (Å²) in [5, 5.41) is 13.9. The van der Waals surface area contributed by atoms with Crippen molar-refractivity contribution in [2.24, 2.45) is 0 Å². The Hall–Kier alpha value is -3.00. The Morgan fingerprint density at radius 2 is 1.69 bits per heavy atom. The Balaban J connectivity index is 2.27. The average molecular weight is 381 g/mol. The quantitative estimate of drug-likeness (QED) is 0.584. The summed E-state index contributed by atoms with van der Waals surface area (Å²) in [6.45, 7) is 0.0615. The second kappa shape index (κ2) is 8.39. The molecule has 8 nitrogen and oxygen atoms in total. The molecule has 0 saturated heterocycles. The number of halogens is 1. The molecule has 0 aliphatic rings. The maximum Gasteiger partial charge on any atom is 0.282 e. The third-order valence-corrected chi connectivity index (χ3v) is 3.86. The minimum absolute atomic E-state index is 0.0615. The van der Waals surface area contributed by atoms with Gasteiger partial charge >= 0.3 is 0 Å². The van der Waals surface area contributed by atoms with E-state index < -0.39 is 10.8 Å². The summed E-state index contributed by atoms with van der Waals surface area (Å²) in [5.74, 6) is 0.788. The van der Waals surface area contributed by atoms with E-state index in [2.05, 4.69) is 5.32 Å². The number of methoxy groups -OCH3 is 3. The van der Waals surface area contributed by atoms with E-state index in [1.165, 1.54) is 39.5 Å². The van der Waals surface area contributed by atoms with Crippen molar-refractivity contribution in [1.82, 2.24) is 5.32 Å². The van der Waals surface area contributed by atoms with Crippen molar-refractivity contribution >= 4 is 23.2 Å². The molecule has 0 atom stereocenters. The van der Waals surface area contributed by atoms with E-state index in [0.717, 1.165) is 0 Å². The second-order valence-electron chi connectivity index (χ2n) is 5.12. The van der Waals surface area contributed by atoms with E-state index in [1.54, 1.807) is 12.1 Å². The Kier molecular flexibility index (Phi) is 6.24. The summed E-state index contributed by atoms with van der Waals surface area (Å²) < 4.78 is 15.7. The van der Waals surface area contributed by atoms with Crippen molar-refractivity contribution in [3.05, 3.63) is 56.6 Å². The van der Waals surface area contributed by atoms with E-state index >= 15 is 0 Å². The van der Waals surface area contributed by atoms with Gasteiger partial charge in [0.2, 0.25) is 0 Å². The maximum absolute atomic E-state index is 12.4. The molecule has 0 bridgehead atoms. The van der Waals surface area contributed by atoms with E-state index in [0.29, 0.717) is 22.8 Å². The van der Waals surface area contributed by atoms with Crippen LogP contribution in [-0.2, 0) is 6.54 Å². The molecule has 0 spiro atoms. The number of rotatable bonds is 7. The van der Waals surface area contributed by atoms with Crippen LogP contribution < -0.4 is 19.5 Å².